The minimum Gasteiger partial charge on any atom is -0.381 e. The lowest BCUT2D eigenvalue weighted by atomic mass is 10.1. The molecule has 1 fully saturated rings. The fourth-order valence-electron chi connectivity index (χ4n) is 2.53. The van der Waals surface area contributed by atoms with Crippen LogP contribution in [0, 0.1) is 5.92 Å². The number of halogens is 1. The summed E-state index contributed by atoms with van der Waals surface area (Å²) in [6.45, 7) is 2.29. The lowest BCUT2D eigenvalue weighted by Gasteiger charge is -2.09. The van der Waals surface area contributed by atoms with E-state index < -0.39 is 0 Å². The summed E-state index contributed by atoms with van der Waals surface area (Å²) in [5.41, 5.74) is 1.06. The number of carbonyl (C=O) groups excluding carboxylic acids is 1. The molecule has 1 N–H and O–H groups in total. The van der Waals surface area contributed by atoms with Gasteiger partial charge in [-0.1, -0.05) is 29.8 Å². The van der Waals surface area contributed by atoms with Gasteiger partial charge in [-0.2, -0.15) is 0 Å². The molecule has 4 nitrogen and oxygen atoms in total. The molecule has 1 aliphatic heterocycles. The van der Waals surface area contributed by atoms with Crippen LogP contribution in [0.3, 0.4) is 0 Å². The molecule has 0 saturated carbocycles. The van der Waals surface area contributed by atoms with Crippen molar-refractivity contribution in [3.8, 4) is 0 Å². The van der Waals surface area contributed by atoms with Gasteiger partial charge in [-0.15, -0.1) is 0 Å². The van der Waals surface area contributed by atoms with Gasteiger partial charge >= 0.3 is 0 Å². The first-order valence-electron chi connectivity index (χ1n) is 7.15. The predicted octanol–water partition coefficient (Wildman–Crippen LogP) is 3.04. The molecule has 0 bridgehead atoms. The number of para-hydroxylation sites is 1. The molecule has 2 aromatic rings. The van der Waals surface area contributed by atoms with Crippen LogP contribution in [0.25, 0.3) is 10.9 Å². The molecule has 1 saturated heterocycles. The molecule has 1 aromatic carbocycles. The van der Waals surface area contributed by atoms with E-state index in [0.717, 1.165) is 31.4 Å². The Morgan fingerprint density at radius 1 is 1.38 bits per heavy atom. The van der Waals surface area contributed by atoms with E-state index in [2.05, 4.69) is 10.3 Å². The topological polar surface area (TPSA) is 51.2 Å². The van der Waals surface area contributed by atoms with Crippen molar-refractivity contribution in [2.75, 3.05) is 19.8 Å². The Balaban J connectivity index is 1.65. The minimum absolute atomic E-state index is 0.157. The van der Waals surface area contributed by atoms with Crippen LogP contribution in [0.15, 0.2) is 30.3 Å². The molecule has 110 valence electrons. The van der Waals surface area contributed by atoms with Gasteiger partial charge in [0.2, 0.25) is 0 Å². The molecule has 21 heavy (non-hydrogen) atoms. The highest BCUT2D eigenvalue weighted by molar-refractivity contribution is 6.35. The van der Waals surface area contributed by atoms with E-state index in [1.807, 2.05) is 18.2 Å². The van der Waals surface area contributed by atoms with Crippen molar-refractivity contribution >= 4 is 28.4 Å². The Kier molecular flexibility index (Phi) is 4.36. The van der Waals surface area contributed by atoms with Gasteiger partial charge in [0, 0.05) is 25.1 Å². The molecule has 0 radical (unpaired) electrons. The Morgan fingerprint density at radius 3 is 3.10 bits per heavy atom. The first-order chi connectivity index (χ1) is 10.2. The molecule has 0 unspecified atom stereocenters. The van der Waals surface area contributed by atoms with E-state index in [4.69, 9.17) is 16.3 Å². The van der Waals surface area contributed by atoms with Crippen molar-refractivity contribution in [3.05, 3.63) is 41.0 Å². The number of rotatable bonds is 4. The van der Waals surface area contributed by atoms with Gasteiger partial charge in [0.1, 0.15) is 5.69 Å². The molecule has 1 amide bonds. The van der Waals surface area contributed by atoms with Crippen LogP contribution < -0.4 is 5.32 Å². The lowest BCUT2D eigenvalue weighted by Crippen LogP contribution is -2.26. The lowest BCUT2D eigenvalue weighted by molar-refractivity contribution is 0.0946. The predicted molar refractivity (Wildman–Crippen MR) is 82.6 cm³/mol. The second kappa shape index (κ2) is 6.41. The quantitative estimate of drug-likeness (QED) is 0.944. The van der Waals surface area contributed by atoms with Crippen LogP contribution in [-0.4, -0.2) is 30.6 Å². The fourth-order valence-corrected chi connectivity index (χ4v) is 2.75. The van der Waals surface area contributed by atoms with Crippen molar-refractivity contribution in [3.63, 3.8) is 0 Å². The summed E-state index contributed by atoms with van der Waals surface area (Å²) in [7, 11) is 0. The SMILES string of the molecule is O=C(NCC[C@H]1CCOC1)c1ccc2cccc(Cl)c2n1. The minimum atomic E-state index is -0.157. The summed E-state index contributed by atoms with van der Waals surface area (Å²) < 4.78 is 5.32. The maximum atomic E-state index is 12.1. The zero-order valence-corrected chi connectivity index (χ0v) is 12.4. The summed E-state index contributed by atoms with van der Waals surface area (Å²) in [5, 5.41) is 4.40. The highest BCUT2D eigenvalue weighted by atomic mass is 35.5. The average Bonchev–Trinajstić information content (AvgIpc) is 3.00. The first-order valence-corrected chi connectivity index (χ1v) is 7.53. The second-order valence-corrected chi connectivity index (χ2v) is 5.69. The van der Waals surface area contributed by atoms with Gasteiger partial charge < -0.3 is 10.1 Å². The molecular formula is C16H17ClN2O2. The van der Waals surface area contributed by atoms with E-state index in [1.54, 1.807) is 12.1 Å². The zero-order valence-electron chi connectivity index (χ0n) is 11.6. The highest BCUT2D eigenvalue weighted by Gasteiger charge is 2.16. The van der Waals surface area contributed by atoms with E-state index in [9.17, 15) is 4.79 Å². The number of carbonyl (C=O) groups is 1. The van der Waals surface area contributed by atoms with Crippen molar-refractivity contribution in [2.24, 2.45) is 5.92 Å². The zero-order chi connectivity index (χ0) is 14.7. The molecule has 5 heteroatoms. The van der Waals surface area contributed by atoms with Crippen LogP contribution >= 0.6 is 11.6 Å². The molecule has 3 rings (SSSR count). The summed E-state index contributed by atoms with van der Waals surface area (Å²) in [6, 6.07) is 9.17. The largest absolute Gasteiger partial charge is 0.381 e. The van der Waals surface area contributed by atoms with Gasteiger partial charge in [0.15, 0.2) is 0 Å². The van der Waals surface area contributed by atoms with Crippen LogP contribution in [0.1, 0.15) is 23.3 Å². The van der Waals surface area contributed by atoms with Gasteiger partial charge in [0.25, 0.3) is 5.91 Å². The molecular weight excluding hydrogens is 288 g/mol. The van der Waals surface area contributed by atoms with E-state index in [1.165, 1.54) is 0 Å². The number of ether oxygens (including phenoxy) is 1. The Hall–Kier alpha value is -1.65. The molecule has 1 atom stereocenters. The number of hydrogen-bond donors (Lipinski definition) is 1. The molecule has 0 spiro atoms. The van der Waals surface area contributed by atoms with Crippen molar-refractivity contribution in [1.82, 2.24) is 10.3 Å². The van der Waals surface area contributed by atoms with Crippen LogP contribution in [0.2, 0.25) is 5.02 Å². The number of fused-ring (bicyclic) bond motifs is 1. The van der Waals surface area contributed by atoms with Crippen molar-refractivity contribution in [1.29, 1.82) is 0 Å². The number of nitrogens with zero attached hydrogens (tertiary/aromatic N) is 1. The van der Waals surface area contributed by atoms with E-state index in [0.29, 0.717) is 28.7 Å². The smallest absolute Gasteiger partial charge is 0.269 e. The third-order valence-corrected chi connectivity index (χ3v) is 4.07. The Bertz CT molecular complexity index is 654. The van der Waals surface area contributed by atoms with Crippen molar-refractivity contribution in [2.45, 2.75) is 12.8 Å². The maximum Gasteiger partial charge on any atom is 0.269 e. The number of nitrogens with one attached hydrogen (secondary N) is 1. The number of pyridine rings is 1. The molecule has 1 aliphatic rings. The summed E-state index contributed by atoms with van der Waals surface area (Å²) >= 11 is 6.12. The summed E-state index contributed by atoms with van der Waals surface area (Å²) in [5.74, 6) is 0.403. The van der Waals surface area contributed by atoms with Crippen LogP contribution in [0.5, 0.6) is 0 Å². The van der Waals surface area contributed by atoms with Crippen LogP contribution in [0.4, 0.5) is 0 Å². The van der Waals surface area contributed by atoms with Gasteiger partial charge in [-0.25, -0.2) is 4.98 Å². The molecule has 2 heterocycles. The monoisotopic (exact) mass is 304 g/mol. The third kappa shape index (κ3) is 3.34. The number of aromatic nitrogens is 1. The maximum absolute atomic E-state index is 12.1. The van der Waals surface area contributed by atoms with Gasteiger partial charge in [-0.05, 0) is 30.9 Å². The Morgan fingerprint density at radius 2 is 2.29 bits per heavy atom. The normalized spacial score (nSPS) is 18.0. The van der Waals surface area contributed by atoms with Gasteiger partial charge in [0.05, 0.1) is 10.5 Å². The Labute approximate surface area is 128 Å². The third-order valence-electron chi connectivity index (χ3n) is 3.77. The molecule has 1 aromatic heterocycles. The second-order valence-electron chi connectivity index (χ2n) is 5.28. The van der Waals surface area contributed by atoms with E-state index in [-0.39, 0.29) is 5.91 Å². The van der Waals surface area contributed by atoms with Gasteiger partial charge in [-0.3, -0.25) is 4.79 Å². The first kappa shape index (κ1) is 14.3. The van der Waals surface area contributed by atoms with Crippen LogP contribution in [-0.2, 0) is 4.74 Å². The average molecular weight is 305 g/mol. The molecule has 0 aliphatic carbocycles. The standard InChI is InChI=1S/C16H17ClN2O2/c17-13-3-1-2-12-4-5-14(19-15(12)13)16(20)18-8-6-11-7-9-21-10-11/h1-5,11H,6-10H2,(H,18,20)/t11-/m0/s1. The summed E-state index contributed by atoms with van der Waals surface area (Å²) in [6.07, 6.45) is 2.03. The fraction of sp³-hybridized carbons (Fsp3) is 0.375. The number of amides is 1. The number of benzene rings is 1. The summed E-state index contributed by atoms with van der Waals surface area (Å²) in [4.78, 5) is 16.5. The van der Waals surface area contributed by atoms with E-state index >= 15 is 0 Å². The highest BCUT2D eigenvalue weighted by Crippen LogP contribution is 2.21. The van der Waals surface area contributed by atoms with Crippen molar-refractivity contribution < 1.29 is 9.53 Å². The number of hydrogen-bond acceptors (Lipinski definition) is 3.